The molecule has 0 bridgehead atoms. The highest BCUT2D eigenvalue weighted by Crippen LogP contribution is 2.32. The number of alkyl carbamates (subject to hydrolysis) is 1. The fraction of sp³-hybridized carbons (Fsp3) is 0.241. The molecule has 0 aliphatic carbocycles. The third kappa shape index (κ3) is 5.83. The van der Waals surface area contributed by atoms with Gasteiger partial charge in [-0.3, -0.25) is 19.7 Å². The molecule has 0 radical (unpaired) electrons. The first-order valence-corrected chi connectivity index (χ1v) is 12.5. The third-order valence-electron chi connectivity index (χ3n) is 6.85. The highest BCUT2D eigenvalue weighted by Gasteiger charge is 2.39. The van der Waals surface area contributed by atoms with E-state index in [1.54, 1.807) is 48.5 Å². The van der Waals surface area contributed by atoms with Crippen molar-refractivity contribution in [2.45, 2.75) is 44.8 Å². The Balaban J connectivity index is 1.16. The summed E-state index contributed by atoms with van der Waals surface area (Å²) in [5, 5.41) is 4.89. The van der Waals surface area contributed by atoms with Gasteiger partial charge in [-0.25, -0.2) is 4.79 Å². The molecular formula is C29H24F3N3O5. The first kappa shape index (κ1) is 26.9. The number of imide groups is 1. The Morgan fingerprint density at radius 2 is 1.73 bits per heavy atom. The number of halogens is 3. The molecule has 0 saturated carbocycles. The molecule has 1 atom stereocenters. The van der Waals surface area contributed by atoms with Crippen molar-refractivity contribution in [2.75, 3.05) is 0 Å². The van der Waals surface area contributed by atoms with Gasteiger partial charge >= 0.3 is 12.3 Å². The maximum absolute atomic E-state index is 13.1. The van der Waals surface area contributed by atoms with Crippen LogP contribution in [0.4, 0.5) is 18.0 Å². The molecule has 0 spiro atoms. The Labute approximate surface area is 227 Å². The average Bonchev–Trinajstić information content (AvgIpc) is 3.26. The van der Waals surface area contributed by atoms with Crippen LogP contribution >= 0.6 is 0 Å². The van der Waals surface area contributed by atoms with E-state index in [1.807, 2.05) is 0 Å². The van der Waals surface area contributed by atoms with Gasteiger partial charge in [-0.2, -0.15) is 13.2 Å². The summed E-state index contributed by atoms with van der Waals surface area (Å²) in [4.78, 5) is 50.4. The average molecular weight is 552 g/mol. The summed E-state index contributed by atoms with van der Waals surface area (Å²) in [6.07, 6.45) is -4.72. The Hall–Kier alpha value is -4.67. The first-order chi connectivity index (χ1) is 19.1. The van der Waals surface area contributed by atoms with Crippen LogP contribution in [-0.2, 0) is 40.2 Å². The predicted molar refractivity (Wildman–Crippen MR) is 136 cm³/mol. The summed E-state index contributed by atoms with van der Waals surface area (Å²) in [7, 11) is 0. The number of alkyl halides is 3. The fourth-order valence-corrected chi connectivity index (χ4v) is 4.80. The number of carbonyl (C=O) groups is 4. The van der Waals surface area contributed by atoms with Crippen LogP contribution in [0, 0.1) is 0 Å². The molecule has 2 aliphatic heterocycles. The number of fused-ring (bicyclic) bond motifs is 1. The first-order valence-electron chi connectivity index (χ1n) is 12.5. The number of hydrogen-bond acceptors (Lipinski definition) is 5. The lowest BCUT2D eigenvalue weighted by Gasteiger charge is -2.29. The Morgan fingerprint density at radius 3 is 2.48 bits per heavy atom. The molecule has 1 fully saturated rings. The summed E-state index contributed by atoms with van der Waals surface area (Å²) in [6, 6.07) is 16.2. The normalized spacial score (nSPS) is 16.9. The van der Waals surface area contributed by atoms with Crippen LogP contribution in [0.5, 0.6) is 0 Å². The number of hydrogen-bond donors (Lipinski definition) is 2. The molecule has 1 saturated heterocycles. The van der Waals surface area contributed by atoms with Crippen molar-refractivity contribution in [1.82, 2.24) is 15.5 Å². The van der Waals surface area contributed by atoms with Gasteiger partial charge in [0, 0.05) is 25.1 Å². The van der Waals surface area contributed by atoms with E-state index in [1.165, 1.54) is 11.0 Å². The predicted octanol–water partition coefficient (Wildman–Crippen LogP) is 4.56. The molecule has 1 unspecified atom stereocenters. The molecule has 5 rings (SSSR count). The highest BCUT2D eigenvalue weighted by molar-refractivity contribution is 6.05. The van der Waals surface area contributed by atoms with E-state index >= 15 is 0 Å². The lowest BCUT2D eigenvalue weighted by atomic mass is 10.0. The summed E-state index contributed by atoms with van der Waals surface area (Å²) < 4.78 is 44.5. The van der Waals surface area contributed by atoms with Gasteiger partial charge < -0.3 is 15.0 Å². The largest absolute Gasteiger partial charge is 0.445 e. The molecule has 11 heteroatoms. The highest BCUT2D eigenvalue weighted by atomic mass is 19.4. The molecule has 3 aromatic rings. The number of rotatable bonds is 6. The van der Waals surface area contributed by atoms with Crippen molar-refractivity contribution in [1.29, 1.82) is 0 Å². The number of nitrogens with zero attached hydrogens (tertiary/aromatic N) is 1. The zero-order chi connectivity index (χ0) is 28.4. The minimum atomic E-state index is -4.45. The number of benzene rings is 3. The maximum atomic E-state index is 13.1. The molecule has 8 nitrogen and oxygen atoms in total. The van der Waals surface area contributed by atoms with Gasteiger partial charge in [0.2, 0.25) is 11.8 Å². The Kier molecular flexibility index (Phi) is 7.29. The van der Waals surface area contributed by atoms with E-state index in [0.717, 1.165) is 17.7 Å². The Morgan fingerprint density at radius 1 is 0.975 bits per heavy atom. The van der Waals surface area contributed by atoms with Crippen LogP contribution in [0.25, 0.3) is 11.1 Å². The minimum Gasteiger partial charge on any atom is -0.445 e. The van der Waals surface area contributed by atoms with Crippen LogP contribution in [-0.4, -0.2) is 34.8 Å². The van der Waals surface area contributed by atoms with E-state index in [9.17, 15) is 32.3 Å². The van der Waals surface area contributed by atoms with E-state index in [-0.39, 0.29) is 44.4 Å². The number of ether oxygens (including phenoxy) is 1. The van der Waals surface area contributed by atoms with Crippen molar-refractivity contribution < 1.29 is 37.1 Å². The van der Waals surface area contributed by atoms with Crippen molar-refractivity contribution in [3.63, 3.8) is 0 Å². The van der Waals surface area contributed by atoms with Crippen LogP contribution in [0.2, 0.25) is 0 Å². The molecule has 3 aromatic carbocycles. The van der Waals surface area contributed by atoms with Crippen molar-refractivity contribution in [3.8, 4) is 11.1 Å². The monoisotopic (exact) mass is 551 g/mol. The lowest BCUT2D eigenvalue weighted by molar-refractivity contribution is -0.138. The fourth-order valence-electron chi connectivity index (χ4n) is 4.80. The van der Waals surface area contributed by atoms with E-state index < -0.39 is 29.8 Å². The topological polar surface area (TPSA) is 105 Å². The van der Waals surface area contributed by atoms with Gasteiger partial charge in [0.15, 0.2) is 0 Å². The van der Waals surface area contributed by atoms with Gasteiger partial charge in [0.05, 0.1) is 5.56 Å². The van der Waals surface area contributed by atoms with Crippen molar-refractivity contribution in [2.24, 2.45) is 0 Å². The minimum absolute atomic E-state index is 0.0854. The van der Waals surface area contributed by atoms with Crippen LogP contribution in [0.3, 0.4) is 0 Å². The summed E-state index contributed by atoms with van der Waals surface area (Å²) in [5.74, 6) is -1.15. The van der Waals surface area contributed by atoms with Crippen molar-refractivity contribution >= 4 is 23.8 Å². The van der Waals surface area contributed by atoms with Crippen LogP contribution in [0.1, 0.15) is 45.5 Å². The molecule has 2 N–H and O–H groups in total. The number of carbonyl (C=O) groups excluding carboxylic acids is 4. The van der Waals surface area contributed by atoms with Gasteiger partial charge in [-0.1, -0.05) is 42.5 Å². The van der Waals surface area contributed by atoms with E-state index in [2.05, 4.69) is 10.6 Å². The third-order valence-corrected chi connectivity index (χ3v) is 6.85. The number of amides is 4. The summed E-state index contributed by atoms with van der Waals surface area (Å²) in [5.41, 5.74) is 2.64. The molecule has 0 aromatic heterocycles. The van der Waals surface area contributed by atoms with Gasteiger partial charge in [0.1, 0.15) is 12.6 Å². The summed E-state index contributed by atoms with van der Waals surface area (Å²) >= 11 is 0. The lowest BCUT2D eigenvalue weighted by Crippen LogP contribution is -2.52. The van der Waals surface area contributed by atoms with Gasteiger partial charge in [-0.15, -0.1) is 0 Å². The molecule has 2 aliphatic rings. The second-order valence-electron chi connectivity index (χ2n) is 9.60. The SMILES string of the molecule is O=C1CCC(N2Cc3ccc(CNC(=O)OCc4cccc(-c5cccc(C(F)(F)F)c5)c4)cc3C2=O)C(=O)N1. The second-order valence-corrected chi connectivity index (χ2v) is 9.60. The quantitative estimate of drug-likeness (QED) is 0.437. The molecule has 40 heavy (non-hydrogen) atoms. The van der Waals surface area contributed by atoms with Crippen molar-refractivity contribution in [3.05, 3.63) is 94.5 Å². The summed E-state index contributed by atoms with van der Waals surface area (Å²) in [6.45, 7) is 0.250. The molecular weight excluding hydrogens is 527 g/mol. The molecule has 206 valence electrons. The standard InChI is InChI=1S/C29H24F3N3O5/c30-29(31,32)22-6-2-5-20(13-22)19-4-1-3-18(11-19)16-40-28(39)33-14-17-7-8-21-15-35(27(38)23(21)12-17)24-9-10-25(36)34-26(24)37/h1-8,11-13,24H,9-10,14-16H2,(H,33,39)(H,34,36,37). The van der Waals surface area contributed by atoms with E-state index in [0.29, 0.717) is 27.8 Å². The zero-order valence-corrected chi connectivity index (χ0v) is 21.1. The van der Waals surface area contributed by atoms with E-state index in [4.69, 9.17) is 4.74 Å². The van der Waals surface area contributed by atoms with Crippen LogP contribution < -0.4 is 10.6 Å². The smallest absolute Gasteiger partial charge is 0.416 e. The Bertz CT molecular complexity index is 1500. The van der Waals surface area contributed by atoms with Gasteiger partial charge in [-0.05, 0) is 58.5 Å². The number of piperidine rings is 1. The van der Waals surface area contributed by atoms with Gasteiger partial charge in [0.25, 0.3) is 5.91 Å². The maximum Gasteiger partial charge on any atom is 0.416 e. The van der Waals surface area contributed by atoms with Crippen LogP contribution in [0.15, 0.2) is 66.7 Å². The second kappa shape index (κ2) is 10.8. The molecule has 4 amide bonds. The zero-order valence-electron chi connectivity index (χ0n) is 21.1. The molecule has 2 heterocycles. The number of nitrogens with one attached hydrogen (secondary N) is 2.